The minimum atomic E-state index is 0.0583. The molecule has 140 valence electrons. The zero-order valence-electron chi connectivity index (χ0n) is 15.6. The molecule has 0 saturated carbocycles. The zero-order valence-corrected chi connectivity index (χ0v) is 15.6. The second kappa shape index (κ2) is 8.23. The van der Waals surface area contributed by atoms with Crippen LogP contribution in [0.25, 0.3) is 0 Å². The SMILES string of the molecule is CCn1nccc1C(=O)N1CCN(Cc2cc(OC)ccc2OC)CC1. The Bertz CT molecular complexity index is 751. The van der Waals surface area contributed by atoms with Gasteiger partial charge in [-0.15, -0.1) is 0 Å². The van der Waals surface area contributed by atoms with Gasteiger partial charge in [0.05, 0.1) is 14.2 Å². The summed E-state index contributed by atoms with van der Waals surface area (Å²) in [5, 5.41) is 4.19. The normalized spacial score (nSPS) is 15.1. The first-order valence-electron chi connectivity index (χ1n) is 8.90. The minimum absolute atomic E-state index is 0.0583. The maximum absolute atomic E-state index is 12.7. The van der Waals surface area contributed by atoms with E-state index in [-0.39, 0.29) is 5.91 Å². The molecule has 2 heterocycles. The second-order valence-corrected chi connectivity index (χ2v) is 6.28. The topological polar surface area (TPSA) is 59.8 Å². The van der Waals surface area contributed by atoms with Crippen LogP contribution in [0.1, 0.15) is 23.0 Å². The number of carbonyl (C=O) groups excluding carboxylic acids is 1. The van der Waals surface area contributed by atoms with Gasteiger partial charge in [0.25, 0.3) is 5.91 Å². The average Bonchev–Trinajstić information content (AvgIpc) is 3.16. The quantitative estimate of drug-likeness (QED) is 0.789. The molecule has 0 atom stereocenters. The van der Waals surface area contributed by atoms with Crippen molar-refractivity contribution in [2.75, 3.05) is 40.4 Å². The van der Waals surface area contributed by atoms with Crippen LogP contribution in [0.5, 0.6) is 11.5 Å². The van der Waals surface area contributed by atoms with Gasteiger partial charge in [-0.2, -0.15) is 5.10 Å². The molecule has 3 rings (SSSR count). The third-order valence-corrected chi connectivity index (χ3v) is 4.78. The first-order chi connectivity index (χ1) is 12.7. The summed E-state index contributed by atoms with van der Waals surface area (Å²) in [4.78, 5) is 16.9. The Morgan fingerprint density at radius 2 is 1.88 bits per heavy atom. The van der Waals surface area contributed by atoms with Crippen LogP contribution in [0, 0.1) is 0 Å². The molecular weight excluding hydrogens is 332 g/mol. The first-order valence-corrected chi connectivity index (χ1v) is 8.90. The van der Waals surface area contributed by atoms with Crippen LogP contribution >= 0.6 is 0 Å². The van der Waals surface area contributed by atoms with Crippen molar-refractivity contribution in [2.45, 2.75) is 20.0 Å². The number of hydrogen-bond donors (Lipinski definition) is 0. The highest BCUT2D eigenvalue weighted by molar-refractivity contribution is 5.92. The van der Waals surface area contributed by atoms with E-state index in [0.717, 1.165) is 36.7 Å². The van der Waals surface area contributed by atoms with Crippen LogP contribution in [0.3, 0.4) is 0 Å². The van der Waals surface area contributed by atoms with Crippen molar-refractivity contribution in [3.8, 4) is 11.5 Å². The molecule has 1 saturated heterocycles. The smallest absolute Gasteiger partial charge is 0.272 e. The fourth-order valence-corrected chi connectivity index (χ4v) is 3.28. The fourth-order valence-electron chi connectivity index (χ4n) is 3.28. The molecule has 1 fully saturated rings. The average molecular weight is 358 g/mol. The lowest BCUT2D eigenvalue weighted by atomic mass is 10.1. The number of ether oxygens (including phenoxy) is 2. The van der Waals surface area contributed by atoms with Crippen molar-refractivity contribution < 1.29 is 14.3 Å². The largest absolute Gasteiger partial charge is 0.497 e. The Kier molecular flexibility index (Phi) is 5.78. The Morgan fingerprint density at radius 3 is 2.54 bits per heavy atom. The third kappa shape index (κ3) is 3.83. The minimum Gasteiger partial charge on any atom is -0.497 e. The summed E-state index contributed by atoms with van der Waals surface area (Å²) >= 11 is 0. The van der Waals surface area contributed by atoms with Gasteiger partial charge in [-0.3, -0.25) is 14.4 Å². The van der Waals surface area contributed by atoms with E-state index in [2.05, 4.69) is 10.00 Å². The van der Waals surface area contributed by atoms with E-state index < -0.39 is 0 Å². The lowest BCUT2D eigenvalue weighted by Gasteiger charge is -2.35. The number of benzene rings is 1. The highest BCUT2D eigenvalue weighted by atomic mass is 16.5. The molecule has 0 unspecified atom stereocenters. The van der Waals surface area contributed by atoms with Crippen LogP contribution in [-0.2, 0) is 13.1 Å². The van der Waals surface area contributed by atoms with E-state index in [1.165, 1.54) is 0 Å². The van der Waals surface area contributed by atoms with E-state index in [0.29, 0.717) is 25.3 Å². The summed E-state index contributed by atoms with van der Waals surface area (Å²) in [7, 11) is 3.34. The van der Waals surface area contributed by atoms with E-state index in [1.807, 2.05) is 30.0 Å². The van der Waals surface area contributed by atoms with Crippen molar-refractivity contribution in [2.24, 2.45) is 0 Å². The van der Waals surface area contributed by atoms with Gasteiger partial charge in [-0.05, 0) is 31.2 Å². The Morgan fingerprint density at radius 1 is 1.12 bits per heavy atom. The molecule has 0 spiro atoms. The molecule has 0 radical (unpaired) electrons. The van der Waals surface area contributed by atoms with Gasteiger partial charge in [-0.25, -0.2) is 0 Å². The maximum Gasteiger partial charge on any atom is 0.272 e. The lowest BCUT2D eigenvalue weighted by Crippen LogP contribution is -2.48. The van der Waals surface area contributed by atoms with E-state index in [1.54, 1.807) is 31.2 Å². The Hall–Kier alpha value is -2.54. The van der Waals surface area contributed by atoms with E-state index in [9.17, 15) is 4.79 Å². The highest BCUT2D eigenvalue weighted by Gasteiger charge is 2.24. The van der Waals surface area contributed by atoms with Crippen LogP contribution in [-0.4, -0.2) is 65.9 Å². The highest BCUT2D eigenvalue weighted by Crippen LogP contribution is 2.25. The molecule has 0 bridgehead atoms. The van der Waals surface area contributed by atoms with Crippen LogP contribution in [0.4, 0.5) is 0 Å². The van der Waals surface area contributed by atoms with Gasteiger partial charge in [0.15, 0.2) is 0 Å². The number of aromatic nitrogens is 2. The molecule has 2 aromatic rings. The molecule has 1 aliphatic rings. The molecule has 0 aliphatic carbocycles. The number of methoxy groups -OCH3 is 2. The van der Waals surface area contributed by atoms with Crippen molar-refractivity contribution >= 4 is 5.91 Å². The predicted molar refractivity (Wildman–Crippen MR) is 98.6 cm³/mol. The summed E-state index contributed by atoms with van der Waals surface area (Å²) in [5.74, 6) is 1.74. The second-order valence-electron chi connectivity index (χ2n) is 6.28. The van der Waals surface area contributed by atoms with E-state index >= 15 is 0 Å². The summed E-state index contributed by atoms with van der Waals surface area (Å²) in [5.41, 5.74) is 1.76. The van der Waals surface area contributed by atoms with Crippen molar-refractivity contribution in [1.82, 2.24) is 19.6 Å². The number of aryl methyl sites for hydroxylation is 1. The summed E-state index contributed by atoms with van der Waals surface area (Å²) < 4.78 is 12.5. The van der Waals surface area contributed by atoms with Crippen LogP contribution in [0.2, 0.25) is 0 Å². The predicted octanol–water partition coefficient (Wildman–Crippen LogP) is 1.88. The van der Waals surface area contributed by atoms with Crippen LogP contribution < -0.4 is 9.47 Å². The number of amides is 1. The molecule has 1 aliphatic heterocycles. The summed E-state index contributed by atoms with van der Waals surface area (Å²) in [6, 6.07) is 7.63. The Labute approximate surface area is 154 Å². The van der Waals surface area contributed by atoms with Gasteiger partial charge in [-0.1, -0.05) is 0 Å². The number of carbonyl (C=O) groups is 1. The van der Waals surface area contributed by atoms with Gasteiger partial charge >= 0.3 is 0 Å². The molecule has 26 heavy (non-hydrogen) atoms. The molecular formula is C19H26N4O3. The number of hydrogen-bond acceptors (Lipinski definition) is 5. The van der Waals surface area contributed by atoms with Gasteiger partial charge < -0.3 is 14.4 Å². The molecule has 1 aromatic carbocycles. The standard InChI is InChI=1S/C19H26N4O3/c1-4-23-17(7-8-20-23)19(24)22-11-9-21(10-12-22)14-15-13-16(25-2)5-6-18(15)26-3/h5-8,13H,4,9-12,14H2,1-3H3. The van der Waals surface area contributed by atoms with Gasteiger partial charge in [0, 0.05) is 51.0 Å². The van der Waals surface area contributed by atoms with Gasteiger partial charge in [0.2, 0.25) is 0 Å². The lowest BCUT2D eigenvalue weighted by molar-refractivity contribution is 0.0615. The first kappa shape index (κ1) is 18.3. The molecule has 1 amide bonds. The maximum atomic E-state index is 12.7. The summed E-state index contributed by atoms with van der Waals surface area (Å²) in [6.45, 7) is 6.53. The van der Waals surface area contributed by atoms with E-state index in [4.69, 9.17) is 9.47 Å². The molecule has 0 N–H and O–H groups in total. The summed E-state index contributed by atoms with van der Waals surface area (Å²) in [6.07, 6.45) is 1.68. The molecule has 1 aromatic heterocycles. The monoisotopic (exact) mass is 358 g/mol. The number of piperazine rings is 1. The number of rotatable bonds is 6. The van der Waals surface area contributed by atoms with Crippen molar-refractivity contribution in [3.63, 3.8) is 0 Å². The number of nitrogens with zero attached hydrogens (tertiary/aromatic N) is 4. The molecule has 7 heteroatoms. The van der Waals surface area contributed by atoms with Crippen LogP contribution in [0.15, 0.2) is 30.5 Å². The van der Waals surface area contributed by atoms with Gasteiger partial charge in [0.1, 0.15) is 17.2 Å². The fraction of sp³-hybridized carbons (Fsp3) is 0.474. The Balaban J connectivity index is 1.61. The third-order valence-electron chi connectivity index (χ3n) is 4.78. The zero-order chi connectivity index (χ0) is 18.5. The molecule has 7 nitrogen and oxygen atoms in total. The van der Waals surface area contributed by atoms with Crippen molar-refractivity contribution in [1.29, 1.82) is 0 Å². The van der Waals surface area contributed by atoms with Crippen molar-refractivity contribution in [3.05, 3.63) is 41.7 Å².